The molecular weight excluding hydrogens is 254 g/mol. The standard InChI is InChI=1S/C20H33N/c1-14(2)16-8-11-19(21)17(13-16)12-15-6-9-18(10-7-15)20(3,4)5/h6-7,9-10,14,16-17,19H,8,11-13,21H2,1-5H3. The third-order valence-electron chi connectivity index (χ3n) is 5.34. The fourth-order valence-corrected chi connectivity index (χ4v) is 3.61. The molecule has 1 aliphatic carbocycles. The van der Waals surface area contributed by atoms with Gasteiger partial charge in [-0.05, 0) is 60.0 Å². The minimum atomic E-state index is 0.239. The topological polar surface area (TPSA) is 26.0 Å². The third-order valence-corrected chi connectivity index (χ3v) is 5.34. The van der Waals surface area contributed by atoms with E-state index in [9.17, 15) is 0 Å². The molecule has 0 saturated heterocycles. The molecular formula is C20H33N. The van der Waals surface area contributed by atoms with Crippen LogP contribution >= 0.6 is 0 Å². The molecule has 0 aromatic heterocycles. The van der Waals surface area contributed by atoms with Crippen molar-refractivity contribution in [2.75, 3.05) is 0 Å². The molecule has 1 heteroatoms. The molecule has 3 atom stereocenters. The Kier molecular flexibility index (Phi) is 5.14. The van der Waals surface area contributed by atoms with Crippen LogP contribution in [0.2, 0.25) is 0 Å². The van der Waals surface area contributed by atoms with Gasteiger partial charge in [-0.3, -0.25) is 0 Å². The van der Waals surface area contributed by atoms with Crippen LogP contribution in [0.4, 0.5) is 0 Å². The SMILES string of the molecule is CC(C)C1CCC(N)C(Cc2ccc(C(C)(C)C)cc2)C1. The second-order valence-electron chi connectivity index (χ2n) is 8.39. The molecule has 2 rings (SSSR count). The van der Waals surface area contributed by atoms with Crippen LogP contribution in [0.15, 0.2) is 24.3 Å². The Morgan fingerprint density at radius 2 is 1.71 bits per heavy atom. The summed E-state index contributed by atoms with van der Waals surface area (Å²) in [5, 5.41) is 0. The molecule has 1 aliphatic rings. The summed E-state index contributed by atoms with van der Waals surface area (Å²) in [4.78, 5) is 0. The van der Waals surface area contributed by atoms with Crippen molar-refractivity contribution in [2.45, 2.75) is 71.8 Å². The molecule has 118 valence electrons. The first kappa shape index (κ1) is 16.5. The molecule has 1 nitrogen and oxygen atoms in total. The zero-order valence-corrected chi connectivity index (χ0v) is 14.5. The monoisotopic (exact) mass is 287 g/mol. The molecule has 2 N–H and O–H groups in total. The second kappa shape index (κ2) is 6.52. The van der Waals surface area contributed by atoms with Crippen molar-refractivity contribution in [3.8, 4) is 0 Å². The quantitative estimate of drug-likeness (QED) is 0.838. The van der Waals surface area contributed by atoms with Crippen LogP contribution < -0.4 is 5.73 Å². The number of hydrogen-bond acceptors (Lipinski definition) is 1. The zero-order valence-electron chi connectivity index (χ0n) is 14.5. The molecule has 0 heterocycles. The molecule has 3 unspecified atom stereocenters. The summed E-state index contributed by atoms with van der Waals surface area (Å²) in [6.07, 6.45) is 4.97. The number of nitrogens with two attached hydrogens (primary N) is 1. The summed E-state index contributed by atoms with van der Waals surface area (Å²) in [6, 6.07) is 9.61. The van der Waals surface area contributed by atoms with Gasteiger partial charge in [-0.15, -0.1) is 0 Å². The van der Waals surface area contributed by atoms with Crippen molar-refractivity contribution in [3.05, 3.63) is 35.4 Å². The van der Waals surface area contributed by atoms with Crippen LogP contribution in [0.3, 0.4) is 0 Å². The van der Waals surface area contributed by atoms with Gasteiger partial charge in [0, 0.05) is 6.04 Å². The maximum Gasteiger partial charge on any atom is 0.00705 e. The van der Waals surface area contributed by atoms with Crippen LogP contribution in [-0.4, -0.2) is 6.04 Å². The van der Waals surface area contributed by atoms with Crippen LogP contribution in [-0.2, 0) is 11.8 Å². The molecule has 1 fully saturated rings. The summed E-state index contributed by atoms with van der Waals surface area (Å²) >= 11 is 0. The molecule has 0 amide bonds. The van der Waals surface area contributed by atoms with Gasteiger partial charge in [0.25, 0.3) is 0 Å². The molecule has 0 spiro atoms. The van der Waals surface area contributed by atoms with E-state index < -0.39 is 0 Å². The predicted molar refractivity (Wildman–Crippen MR) is 92.5 cm³/mol. The summed E-state index contributed by atoms with van der Waals surface area (Å²) in [7, 11) is 0. The van der Waals surface area contributed by atoms with Crippen LogP contribution in [0.25, 0.3) is 0 Å². The maximum atomic E-state index is 6.39. The van der Waals surface area contributed by atoms with Crippen molar-refractivity contribution in [3.63, 3.8) is 0 Å². The lowest BCUT2D eigenvalue weighted by atomic mass is 9.72. The summed E-state index contributed by atoms with van der Waals surface area (Å²) in [5.74, 6) is 2.32. The molecule has 1 aromatic rings. The summed E-state index contributed by atoms with van der Waals surface area (Å²) in [6.45, 7) is 11.5. The van der Waals surface area contributed by atoms with Crippen molar-refractivity contribution in [2.24, 2.45) is 23.5 Å². The van der Waals surface area contributed by atoms with Crippen LogP contribution in [0.5, 0.6) is 0 Å². The fourth-order valence-electron chi connectivity index (χ4n) is 3.61. The predicted octanol–water partition coefficient (Wildman–Crippen LogP) is 4.93. The molecule has 1 aromatic carbocycles. The van der Waals surface area contributed by atoms with Gasteiger partial charge < -0.3 is 5.73 Å². The number of benzene rings is 1. The normalized spacial score (nSPS) is 27.1. The highest BCUT2D eigenvalue weighted by atomic mass is 14.7. The van der Waals surface area contributed by atoms with Crippen LogP contribution in [0, 0.1) is 17.8 Å². The highest BCUT2D eigenvalue weighted by Gasteiger charge is 2.29. The molecule has 1 saturated carbocycles. The largest absolute Gasteiger partial charge is 0.327 e. The Morgan fingerprint density at radius 1 is 1.10 bits per heavy atom. The van der Waals surface area contributed by atoms with Crippen molar-refractivity contribution >= 4 is 0 Å². The van der Waals surface area contributed by atoms with E-state index in [1.807, 2.05) is 0 Å². The van der Waals surface area contributed by atoms with Crippen molar-refractivity contribution in [1.82, 2.24) is 0 Å². The van der Waals surface area contributed by atoms with E-state index in [4.69, 9.17) is 5.73 Å². The molecule has 0 aliphatic heterocycles. The Morgan fingerprint density at radius 3 is 2.24 bits per heavy atom. The highest BCUT2D eigenvalue weighted by Crippen LogP contribution is 2.35. The smallest absolute Gasteiger partial charge is 0.00705 e. The first-order valence-corrected chi connectivity index (χ1v) is 8.62. The third kappa shape index (κ3) is 4.32. The Hall–Kier alpha value is -0.820. The van der Waals surface area contributed by atoms with E-state index in [2.05, 4.69) is 58.9 Å². The lowest BCUT2D eigenvalue weighted by molar-refractivity contribution is 0.189. The van der Waals surface area contributed by atoms with Crippen molar-refractivity contribution < 1.29 is 0 Å². The van der Waals surface area contributed by atoms with E-state index >= 15 is 0 Å². The van der Waals surface area contributed by atoms with Crippen LogP contribution in [0.1, 0.15) is 65.0 Å². The van der Waals surface area contributed by atoms with Gasteiger partial charge in [-0.25, -0.2) is 0 Å². The lowest BCUT2D eigenvalue weighted by Gasteiger charge is -2.36. The molecule has 21 heavy (non-hydrogen) atoms. The Bertz CT molecular complexity index is 438. The highest BCUT2D eigenvalue weighted by molar-refractivity contribution is 5.28. The van der Waals surface area contributed by atoms with E-state index in [-0.39, 0.29) is 5.41 Å². The molecule has 0 bridgehead atoms. The van der Waals surface area contributed by atoms with Gasteiger partial charge in [0.1, 0.15) is 0 Å². The van der Waals surface area contributed by atoms with E-state index in [1.165, 1.54) is 30.4 Å². The number of rotatable bonds is 3. The summed E-state index contributed by atoms with van der Waals surface area (Å²) < 4.78 is 0. The van der Waals surface area contributed by atoms with Gasteiger partial charge >= 0.3 is 0 Å². The Balaban J connectivity index is 2.03. The average molecular weight is 287 g/mol. The lowest BCUT2D eigenvalue weighted by Crippen LogP contribution is -2.38. The van der Waals surface area contributed by atoms with Gasteiger partial charge in [0.05, 0.1) is 0 Å². The zero-order chi connectivity index (χ0) is 15.6. The minimum Gasteiger partial charge on any atom is -0.327 e. The van der Waals surface area contributed by atoms with Gasteiger partial charge in [0.2, 0.25) is 0 Å². The fraction of sp³-hybridized carbons (Fsp3) is 0.700. The molecule has 0 radical (unpaired) electrons. The van der Waals surface area contributed by atoms with Crippen molar-refractivity contribution in [1.29, 1.82) is 0 Å². The number of hydrogen-bond donors (Lipinski definition) is 1. The van der Waals surface area contributed by atoms with E-state index in [0.717, 1.165) is 18.3 Å². The minimum absolute atomic E-state index is 0.239. The first-order valence-electron chi connectivity index (χ1n) is 8.62. The van der Waals surface area contributed by atoms with Gasteiger partial charge in [-0.1, -0.05) is 58.9 Å². The van der Waals surface area contributed by atoms with Gasteiger partial charge in [-0.2, -0.15) is 0 Å². The maximum absolute atomic E-state index is 6.39. The Labute approximate surface area is 131 Å². The first-order chi connectivity index (χ1) is 9.77. The average Bonchev–Trinajstić information content (AvgIpc) is 2.40. The second-order valence-corrected chi connectivity index (χ2v) is 8.39. The van der Waals surface area contributed by atoms with E-state index in [0.29, 0.717) is 12.0 Å². The van der Waals surface area contributed by atoms with Gasteiger partial charge in [0.15, 0.2) is 0 Å². The van der Waals surface area contributed by atoms with E-state index in [1.54, 1.807) is 0 Å². The summed E-state index contributed by atoms with van der Waals surface area (Å²) in [5.41, 5.74) is 9.49.